The first-order chi connectivity index (χ1) is 10.9. The molecule has 2 rings (SSSR count). The first-order valence-corrected chi connectivity index (χ1v) is 8.17. The number of hydrogen-bond acceptors (Lipinski definition) is 2. The van der Waals surface area contributed by atoms with Crippen LogP contribution in [-0.2, 0) is 4.79 Å². The number of amides is 1. The Hall–Kier alpha value is -1.42. The van der Waals surface area contributed by atoms with Crippen LogP contribution in [0.1, 0.15) is 25.3 Å². The molecule has 122 valence electrons. The normalized spacial score (nSPS) is 10.7. The second-order valence-corrected chi connectivity index (χ2v) is 6.53. The van der Waals surface area contributed by atoms with Crippen LogP contribution in [0.5, 0.6) is 5.75 Å². The van der Waals surface area contributed by atoms with Crippen LogP contribution >= 0.6 is 34.8 Å². The maximum atomic E-state index is 11.9. The molecule has 0 aliphatic heterocycles. The molecule has 6 heteroatoms. The summed E-state index contributed by atoms with van der Waals surface area (Å²) in [5.74, 6) is 0.468. The minimum atomic E-state index is -0.288. The molecule has 0 unspecified atom stereocenters. The van der Waals surface area contributed by atoms with E-state index in [1.54, 1.807) is 0 Å². The Morgan fingerprint density at radius 3 is 2.26 bits per heavy atom. The molecule has 0 aliphatic carbocycles. The van der Waals surface area contributed by atoms with Gasteiger partial charge in [-0.15, -0.1) is 0 Å². The predicted molar refractivity (Wildman–Crippen MR) is 96.1 cm³/mol. The Morgan fingerprint density at radius 1 is 1.04 bits per heavy atom. The standard InChI is InChI=1S/C17H16Cl3NO2/c1-10(2)11-3-5-12(6-4-11)21-17(22)9-23-16-8-14(19)13(18)7-15(16)20/h3-8,10H,9H2,1-2H3,(H,21,22). The van der Waals surface area contributed by atoms with Gasteiger partial charge < -0.3 is 10.1 Å². The van der Waals surface area contributed by atoms with Crippen molar-refractivity contribution in [3.63, 3.8) is 0 Å². The van der Waals surface area contributed by atoms with Crippen LogP contribution in [0.2, 0.25) is 15.1 Å². The van der Waals surface area contributed by atoms with Crippen LogP contribution in [0.25, 0.3) is 0 Å². The highest BCUT2D eigenvalue weighted by Gasteiger charge is 2.10. The van der Waals surface area contributed by atoms with Gasteiger partial charge in [-0.05, 0) is 29.7 Å². The summed E-state index contributed by atoms with van der Waals surface area (Å²) in [7, 11) is 0. The number of halogens is 3. The molecule has 0 heterocycles. The number of hydrogen-bond donors (Lipinski definition) is 1. The third-order valence-electron chi connectivity index (χ3n) is 3.19. The fourth-order valence-corrected chi connectivity index (χ4v) is 2.50. The largest absolute Gasteiger partial charge is 0.482 e. The van der Waals surface area contributed by atoms with Gasteiger partial charge in [-0.3, -0.25) is 4.79 Å². The van der Waals surface area contributed by atoms with Crippen LogP contribution in [-0.4, -0.2) is 12.5 Å². The van der Waals surface area contributed by atoms with Gasteiger partial charge in [-0.1, -0.05) is 60.8 Å². The molecule has 0 aromatic heterocycles. The molecule has 3 nitrogen and oxygen atoms in total. The molecule has 0 spiro atoms. The number of nitrogens with one attached hydrogen (secondary N) is 1. The maximum Gasteiger partial charge on any atom is 0.262 e. The highest BCUT2D eigenvalue weighted by Crippen LogP contribution is 2.33. The summed E-state index contributed by atoms with van der Waals surface area (Å²) in [6.45, 7) is 4.05. The van der Waals surface area contributed by atoms with E-state index in [4.69, 9.17) is 39.5 Å². The summed E-state index contributed by atoms with van der Waals surface area (Å²) in [6.07, 6.45) is 0. The third kappa shape index (κ3) is 5.03. The van der Waals surface area contributed by atoms with Gasteiger partial charge in [-0.25, -0.2) is 0 Å². The van der Waals surface area contributed by atoms with E-state index in [0.29, 0.717) is 32.4 Å². The molecule has 0 bridgehead atoms. The number of ether oxygens (including phenoxy) is 1. The topological polar surface area (TPSA) is 38.3 Å². The molecule has 0 fully saturated rings. The van der Waals surface area contributed by atoms with Crippen molar-refractivity contribution in [3.05, 3.63) is 57.0 Å². The van der Waals surface area contributed by atoms with Gasteiger partial charge in [-0.2, -0.15) is 0 Å². The average Bonchev–Trinajstić information content (AvgIpc) is 2.50. The van der Waals surface area contributed by atoms with Gasteiger partial charge >= 0.3 is 0 Å². The molecule has 0 saturated carbocycles. The van der Waals surface area contributed by atoms with Crippen LogP contribution in [0.4, 0.5) is 5.69 Å². The van der Waals surface area contributed by atoms with Crippen molar-refractivity contribution < 1.29 is 9.53 Å². The summed E-state index contributed by atoms with van der Waals surface area (Å²) >= 11 is 17.7. The van der Waals surface area contributed by atoms with E-state index in [9.17, 15) is 4.79 Å². The highest BCUT2D eigenvalue weighted by molar-refractivity contribution is 6.43. The molecule has 23 heavy (non-hydrogen) atoms. The van der Waals surface area contributed by atoms with E-state index >= 15 is 0 Å². The Kier molecular flexibility index (Phi) is 6.17. The quantitative estimate of drug-likeness (QED) is 0.675. The molecule has 0 radical (unpaired) electrons. The smallest absolute Gasteiger partial charge is 0.262 e. The Morgan fingerprint density at radius 2 is 1.65 bits per heavy atom. The van der Waals surface area contributed by atoms with E-state index in [1.165, 1.54) is 17.7 Å². The molecule has 0 atom stereocenters. The van der Waals surface area contributed by atoms with Crippen molar-refractivity contribution in [3.8, 4) is 5.75 Å². The number of anilines is 1. The van der Waals surface area contributed by atoms with Gasteiger partial charge in [0.2, 0.25) is 0 Å². The second kappa shape index (κ2) is 7.91. The van der Waals surface area contributed by atoms with E-state index in [0.717, 1.165) is 0 Å². The van der Waals surface area contributed by atoms with Gasteiger partial charge in [0.1, 0.15) is 5.75 Å². The highest BCUT2D eigenvalue weighted by atomic mass is 35.5. The number of carbonyl (C=O) groups is 1. The van der Waals surface area contributed by atoms with Crippen molar-refractivity contribution in [2.24, 2.45) is 0 Å². The monoisotopic (exact) mass is 371 g/mol. The lowest BCUT2D eigenvalue weighted by atomic mass is 10.0. The maximum absolute atomic E-state index is 11.9. The molecule has 1 amide bonds. The van der Waals surface area contributed by atoms with E-state index in [2.05, 4.69) is 19.2 Å². The van der Waals surface area contributed by atoms with Gasteiger partial charge in [0.15, 0.2) is 6.61 Å². The number of rotatable bonds is 5. The average molecular weight is 373 g/mol. The zero-order valence-electron chi connectivity index (χ0n) is 12.7. The lowest BCUT2D eigenvalue weighted by Crippen LogP contribution is -2.20. The Bertz CT molecular complexity index is 700. The molecule has 0 aliphatic rings. The summed E-state index contributed by atoms with van der Waals surface area (Å²) in [6, 6.07) is 10.6. The molecular formula is C17H16Cl3NO2. The summed E-state index contributed by atoms with van der Waals surface area (Å²) in [4.78, 5) is 11.9. The minimum Gasteiger partial charge on any atom is -0.482 e. The fourth-order valence-electron chi connectivity index (χ4n) is 1.91. The van der Waals surface area contributed by atoms with Gasteiger partial charge in [0, 0.05) is 11.8 Å². The molecular weight excluding hydrogens is 357 g/mol. The third-order valence-corrected chi connectivity index (χ3v) is 4.21. The van der Waals surface area contributed by atoms with Crippen molar-refractivity contribution >= 4 is 46.4 Å². The van der Waals surface area contributed by atoms with Gasteiger partial charge in [0.05, 0.1) is 15.1 Å². The van der Waals surface area contributed by atoms with Crippen LogP contribution < -0.4 is 10.1 Å². The van der Waals surface area contributed by atoms with E-state index < -0.39 is 0 Å². The lowest BCUT2D eigenvalue weighted by Gasteiger charge is -2.11. The summed E-state index contributed by atoms with van der Waals surface area (Å²) < 4.78 is 5.38. The minimum absolute atomic E-state index is 0.177. The molecule has 2 aromatic carbocycles. The lowest BCUT2D eigenvalue weighted by molar-refractivity contribution is -0.118. The van der Waals surface area contributed by atoms with Crippen molar-refractivity contribution in [2.75, 3.05) is 11.9 Å². The second-order valence-electron chi connectivity index (χ2n) is 5.31. The first kappa shape index (κ1) is 17.9. The Balaban J connectivity index is 1.94. The molecule has 2 aromatic rings. The van der Waals surface area contributed by atoms with Crippen LogP contribution in [0.15, 0.2) is 36.4 Å². The summed E-state index contributed by atoms with van der Waals surface area (Å²) in [5, 5.41) is 3.70. The van der Waals surface area contributed by atoms with Crippen molar-refractivity contribution in [1.82, 2.24) is 0 Å². The summed E-state index contributed by atoms with van der Waals surface area (Å²) in [5.41, 5.74) is 1.92. The van der Waals surface area contributed by atoms with Crippen LogP contribution in [0.3, 0.4) is 0 Å². The predicted octanol–water partition coefficient (Wildman–Crippen LogP) is 5.79. The van der Waals surface area contributed by atoms with E-state index in [1.807, 2.05) is 24.3 Å². The van der Waals surface area contributed by atoms with Crippen LogP contribution in [0, 0.1) is 0 Å². The first-order valence-electron chi connectivity index (χ1n) is 7.04. The zero-order valence-corrected chi connectivity index (χ0v) is 15.0. The Labute approximate surface area is 150 Å². The fraction of sp³-hybridized carbons (Fsp3) is 0.235. The zero-order chi connectivity index (χ0) is 17.0. The number of benzene rings is 2. The molecule has 1 N–H and O–H groups in total. The molecule has 0 saturated heterocycles. The van der Waals surface area contributed by atoms with E-state index in [-0.39, 0.29) is 12.5 Å². The SMILES string of the molecule is CC(C)c1ccc(NC(=O)COc2cc(Cl)c(Cl)cc2Cl)cc1. The van der Waals surface area contributed by atoms with Gasteiger partial charge in [0.25, 0.3) is 5.91 Å². The number of carbonyl (C=O) groups excluding carboxylic acids is 1. The van der Waals surface area contributed by atoms with Crippen molar-refractivity contribution in [1.29, 1.82) is 0 Å². The van der Waals surface area contributed by atoms with Crippen molar-refractivity contribution in [2.45, 2.75) is 19.8 Å².